The number of rotatable bonds is 2. The number of aliphatic hydroxyl groups is 1. The van der Waals surface area contributed by atoms with Crippen LogP contribution in [0.3, 0.4) is 0 Å². The summed E-state index contributed by atoms with van der Waals surface area (Å²) in [7, 11) is 0. The SMILES string of the molecule is Cc1ccc2cc1OCCNC(=O)CN(C(=O)c1ccccc1)CCNC(=O)[C@H]([C@@H](C)O)NC2=O. The molecular formula is C25H30N4O6. The first kappa shape index (κ1) is 25.7. The van der Waals surface area contributed by atoms with Gasteiger partial charge in [-0.05, 0) is 43.7 Å². The summed E-state index contributed by atoms with van der Waals surface area (Å²) in [4.78, 5) is 52.4. The van der Waals surface area contributed by atoms with E-state index in [1.807, 2.05) is 6.92 Å². The molecule has 10 heteroatoms. The minimum absolute atomic E-state index is 0.0154. The number of hydrogen-bond donors (Lipinski definition) is 4. The predicted molar refractivity (Wildman–Crippen MR) is 128 cm³/mol. The number of benzene rings is 2. The molecule has 0 radical (unpaired) electrons. The van der Waals surface area contributed by atoms with Gasteiger partial charge in [0.1, 0.15) is 18.4 Å². The first-order chi connectivity index (χ1) is 16.8. The Bertz CT molecular complexity index is 1070. The number of nitrogens with zero attached hydrogens (tertiary/aromatic N) is 1. The lowest BCUT2D eigenvalue weighted by molar-refractivity contribution is -0.125. The number of ether oxygens (including phenoxy) is 1. The fraction of sp³-hybridized carbons (Fsp3) is 0.360. The van der Waals surface area contributed by atoms with Gasteiger partial charge >= 0.3 is 0 Å². The van der Waals surface area contributed by atoms with Gasteiger partial charge in [-0.1, -0.05) is 24.3 Å². The number of hydrogen-bond acceptors (Lipinski definition) is 6. The molecule has 2 aromatic carbocycles. The second kappa shape index (κ2) is 12.0. The van der Waals surface area contributed by atoms with Crippen LogP contribution in [0.25, 0.3) is 0 Å². The molecule has 0 saturated carbocycles. The first-order valence-corrected chi connectivity index (χ1v) is 11.4. The number of nitrogens with one attached hydrogen (secondary N) is 3. The van der Waals surface area contributed by atoms with Gasteiger partial charge in [0.25, 0.3) is 11.8 Å². The average Bonchev–Trinajstić information content (AvgIpc) is 2.84. The fourth-order valence-corrected chi connectivity index (χ4v) is 3.55. The summed E-state index contributed by atoms with van der Waals surface area (Å²) in [6, 6.07) is 12.1. The lowest BCUT2D eigenvalue weighted by Crippen LogP contribution is -2.53. The summed E-state index contributed by atoms with van der Waals surface area (Å²) in [6.45, 7) is 3.41. The summed E-state index contributed by atoms with van der Waals surface area (Å²) in [5, 5.41) is 18.0. The standard InChI is InChI=1S/C25H30N4O6/c1-16-8-9-19-14-20(16)35-13-11-26-21(31)15-29(25(34)18-6-4-3-5-7-18)12-10-27-24(33)22(17(2)30)28-23(19)32/h3-9,14,17,22,30H,10-13,15H2,1-2H3,(H,26,31)(H,27,33)(H,28,32)/t17-,22+/m1/s1. The van der Waals surface area contributed by atoms with Crippen molar-refractivity contribution in [3.05, 3.63) is 65.2 Å². The van der Waals surface area contributed by atoms with Crippen molar-refractivity contribution < 1.29 is 29.0 Å². The Balaban J connectivity index is 1.83. The number of aliphatic hydroxyl groups excluding tert-OH is 1. The third kappa shape index (κ3) is 7.03. The second-order valence-corrected chi connectivity index (χ2v) is 8.25. The highest BCUT2D eigenvalue weighted by molar-refractivity contribution is 5.98. The largest absolute Gasteiger partial charge is 0.491 e. The van der Waals surface area contributed by atoms with E-state index in [4.69, 9.17) is 4.74 Å². The molecular weight excluding hydrogens is 452 g/mol. The molecule has 4 amide bonds. The van der Waals surface area contributed by atoms with Gasteiger partial charge in [0.15, 0.2) is 0 Å². The van der Waals surface area contributed by atoms with Crippen LogP contribution in [-0.4, -0.2) is 78.6 Å². The highest BCUT2D eigenvalue weighted by atomic mass is 16.5. The zero-order chi connectivity index (χ0) is 25.4. The van der Waals surface area contributed by atoms with Gasteiger partial charge in [0.2, 0.25) is 11.8 Å². The third-order valence-corrected chi connectivity index (χ3v) is 5.51. The molecule has 1 aliphatic rings. The van der Waals surface area contributed by atoms with E-state index in [9.17, 15) is 24.3 Å². The van der Waals surface area contributed by atoms with Crippen LogP contribution in [0.4, 0.5) is 0 Å². The van der Waals surface area contributed by atoms with Crippen molar-refractivity contribution in [3.8, 4) is 5.75 Å². The van der Waals surface area contributed by atoms with E-state index >= 15 is 0 Å². The maximum absolute atomic E-state index is 13.0. The smallest absolute Gasteiger partial charge is 0.254 e. The molecule has 186 valence electrons. The topological polar surface area (TPSA) is 137 Å². The quantitative estimate of drug-likeness (QED) is 0.484. The lowest BCUT2D eigenvalue weighted by Gasteiger charge is -2.24. The normalized spacial score (nSPS) is 18.9. The van der Waals surface area contributed by atoms with E-state index in [-0.39, 0.29) is 50.2 Å². The Morgan fingerprint density at radius 1 is 1.09 bits per heavy atom. The Hall–Kier alpha value is -3.92. The number of fused-ring (bicyclic) bond motifs is 2. The number of amides is 4. The number of carbonyl (C=O) groups is 4. The van der Waals surface area contributed by atoms with Crippen molar-refractivity contribution in [2.24, 2.45) is 0 Å². The molecule has 10 nitrogen and oxygen atoms in total. The van der Waals surface area contributed by atoms with E-state index in [1.165, 1.54) is 11.8 Å². The van der Waals surface area contributed by atoms with Crippen LogP contribution in [-0.2, 0) is 9.59 Å². The molecule has 1 aliphatic heterocycles. The van der Waals surface area contributed by atoms with Crippen molar-refractivity contribution in [1.29, 1.82) is 0 Å². The molecule has 2 atom stereocenters. The summed E-state index contributed by atoms with van der Waals surface area (Å²) in [5.41, 5.74) is 1.46. The third-order valence-electron chi connectivity index (χ3n) is 5.51. The monoisotopic (exact) mass is 482 g/mol. The average molecular weight is 483 g/mol. The highest BCUT2D eigenvalue weighted by Crippen LogP contribution is 2.20. The van der Waals surface area contributed by atoms with Crippen molar-refractivity contribution in [1.82, 2.24) is 20.9 Å². The van der Waals surface area contributed by atoms with Crippen molar-refractivity contribution in [2.45, 2.75) is 26.0 Å². The minimum Gasteiger partial charge on any atom is -0.491 e. The van der Waals surface area contributed by atoms with Gasteiger partial charge in [-0.2, -0.15) is 0 Å². The molecule has 0 spiro atoms. The Kier molecular flexibility index (Phi) is 8.80. The maximum Gasteiger partial charge on any atom is 0.254 e. The Labute approximate surface area is 203 Å². The zero-order valence-corrected chi connectivity index (χ0v) is 19.7. The lowest BCUT2D eigenvalue weighted by atomic mass is 10.1. The summed E-state index contributed by atoms with van der Waals surface area (Å²) in [6.07, 6.45) is -1.17. The van der Waals surface area contributed by atoms with Crippen LogP contribution in [0.1, 0.15) is 33.2 Å². The van der Waals surface area contributed by atoms with Gasteiger partial charge in [-0.3, -0.25) is 19.2 Å². The van der Waals surface area contributed by atoms with Gasteiger partial charge in [0.05, 0.1) is 19.2 Å². The molecule has 1 heterocycles. The molecule has 35 heavy (non-hydrogen) atoms. The van der Waals surface area contributed by atoms with E-state index < -0.39 is 24.0 Å². The van der Waals surface area contributed by atoms with Crippen LogP contribution in [0.15, 0.2) is 48.5 Å². The second-order valence-electron chi connectivity index (χ2n) is 8.25. The van der Waals surface area contributed by atoms with Gasteiger partial charge < -0.3 is 30.7 Å². The molecule has 0 fully saturated rings. The number of aryl methyl sites for hydroxylation is 1. The van der Waals surface area contributed by atoms with E-state index in [2.05, 4.69) is 16.0 Å². The van der Waals surface area contributed by atoms with Crippen molar-refractivity contribution in [2.75, 3.05) is 32.8 Å². The highest BCUT2D eigenvalue weighted by Gasteiger charge is 2.27. The van der Waals surface area contributed by atoms with Crippen LogP contribution in [0, 0.1) is 6.92 Å². The first-order valence-electron chi connectivity index (χ1n) is 11.4. The molecule has 4 N–H and O–H groups in total. The molecule has 0 unspecified atom stereocenters. The summed E-state index contributed by atoms with van der Waals surface area (Å²) in [5.74, 6) is -1.45. The van der Waals surface area contributed by atoms with E-state index in [0.29, 0.717) is 11.3 Å². The van der Waals surface area contributed by atoms with Crippen LogP contribution in [0.2, 0.25) is 0 Å². The van der Waals surface area contributed by atoms with E-state index in [0.717, 1.165) is 5.56 Å². The van der Waals surface area contributed by atoms with Crippen LogP contribution >= 0.6 is 0 Å². The van der Waals surface area contributed by atoms with Crippen LogP contribution < -0.4 is 20.7 Å². The summed E-state index contributed by atoms with van der Waals surface area (Å²) >= 11 is 0. The Morgan fingerprint density at radius 2 is 1.83 bits per heavy atom. The van der Waals surface area contributed by atoms with E-state index in [1.54, 1.807) is 48.5 Å². The zero-order valence-electron chi connectivity index (χ0n) is 19.7. The molecule has 0 saturated heterocycles. The predicted octanol–water partition coefficient (Wildman–Crippen LogP) is 0.241. The van der Waals surface area contributed by atoms with Gasteiger partial charge in [-0.15, -0.1) is 0 Å². The Morgan fingerprint density at radius 3 is 2.54 bits per heavy atom. The molecule has 2 aromatic rings. The van der Waals surface area contributed by atoms with Crippen molar-refractivity contribution in [3.63, 3.8) is 0 Å². The van der Waals surface area contributed by atoms with Gasteiger partial charge in [0, 0.05) is 24.2 Å². The molecule has 3 rings (SSSR count). The maximum atomic E-state index is 13.0. The van der Waals surface area contributed by atoms with Crippen LogP contribution in [0.5, 0.6) is 5.75 Å². The molecule has 0 aromatic heterocycles. The molecule has 2 bridgehead atoms. The fourth-order valence-electron chi connectivity index (χ4n) is 3.55. The minimum atomic E-state index is -1.22. The van der Waals surface area contributed by atoms with Gasteiger partial charge in [-0.25, -0.2) is 0 Å². The number of carbonyl (C=O) groups excluding carboxylic acids is 4. The van der Waals surface area contributed by atoms with Crippen molar-refractivity contribution >= 4 is 23.6 Å². The summed E-state index contributed by atoms with van der Waals surface area (Å²) < 4.78 is 5.73. The molecule has 0 aliphatic carbocycles.